The first-order valence-corrected chi connectivity index (χ1v) is 9.14. The summed E-state index contributed by atoms with van der Waals surface area (Å²) in [7, 11) is -1.20. The minimum Gasteiger partial charge on any atom is -0.298 e. The number of carbonyl (C=O) groups excluding carboxylic acids is 1. The highest BCUT2D eigenvalue weighted by molar-refractivity contribution is 6.84. The molecule has 0 N–H and O–H groups in total. The van der Waals surface area contributed by atoms with Crippen molar-refractivity contribution in [1.29, 1.82) is 0 Å². The van der Waals surface area contributed by atoms with E-state index in [0.717, 1.165) is 17.4 Å². The molecule has 0 saturated heterocycles. The van der Waals surface area contributed by atoms with Crippen molar-refractivity contribution >= 4 is 20.4 Å². The zero-order chi connectivity index (χ0) is 12.7. The Kier molecular flexibility index (Phi) is 5.36. The molecule has 1 nitrogen and oxygen atoms in total. The van der Waals surface area contributed by atoms with Crippen LogP contribution >= 0.6 is 0 Å². The smallest absolute Gasteiger partial charge is 0.150 e. The van der Waals surface area contributed by atoms with Crippen molar-refractivity contribution in [2.45, 2.75) is 38.9 Å². The lowest BCUT2D eigenvalue weighted by Crippen LogP contribution is -2.28. The Morgan fingerprint density at radius 3 is 2.18 bits per heavy atom. The molecule has 0 spiro atoms. The van der Waals surface area contributed by atoms with Gasteiger partial charge in [-0.05, 0) is 11.6 Å². The molecular weight excluding hydrogens is 224 g/mol. The maximum Gasteiger partial charge on any atom is 0.150 e. The van der Waals surface area contributed by atoms with E-state index < -0.39 is 8.07 Å². The van der Waals surface area contributed by atoms with Crippen molar-refractivity contribution in [3.63, 3.8) is 0 Å². The molecule has 1 aromatic rings. The van der Waals surface area contributed by atoms with Gasteiger partial charge in [0.25, 0.3) is 0 Å². The van der Waals surface area contributed by atoms with Crippen LogP contribution in [0, 0.1) is 0 Å². The summed E-state index contributed by atoms with van der Waals surface area (Å²) in [4.78, 5) is 10.7. The van der Waals surface area contributed by atoms with Gasteiger partial charge in [-0.15, -0.1) is 0 Å². The summed E-state index contributed by atoms with van der Waals surface area (Å²) in [5, 5.41) is 0. The lowest BCUT2D eigenvalue weighted by molar-refractivity contribution is 0.112. The van der Waals surface area contributed by atoms with E-state index in [0.29, 0.717) is 0 Å². The lowest BCUT2D eigenvalue weighted by Gasteiger charge is -2.23. The first kappa shape index (κ1) is 13.9. The number of hydrogen-bond donors (Lipinski definition) is 0. The molecule has 0 aliphatic heterocycles. The van der Waals surface area contributed by atoms with Crippen LogP contribution in [0.1, 0.15) is 36.7 Å². The molecule has 0 heterocycles. The molecule has 0 amide bonds. The van der Waals surface area contributed by atoms with Gasteiger partial charge in [-0.1, -0.05) is 68.9 Å². The second kappa shape index (κ2) is 6.55. The number of hydrogen-bond acceptors (Lipinski definition) is 1. The van der Waals surface area contributed by atoms with Crippen molar-refractivity contribution < 1.29 is 4.79 Å². The molecule has 1 rings (SSSR count). The highest BCUT2D eigenvalue weighted by Gasteiger charge is 2.22. The summed E-state index contributed by atoms with van der Waals surface area (Å²) in [5.74, 6) is 0. The molecule has 0 aliphatic rings. The van der Waals surface area contributed by atoms with Gasteiger partial charge >= 0.3 is 0 Å². The first-order valence-electron chi connectivity index (χ1n) is 6.44. The molecule has 0 aromatic heterocycles. The van der Waals surface area contributed by atoms with E-state index in [-0.39, 0.29) is 0 Å². The molecule has 0 atom stereocenters. The Labute approximate surface area is 106 Å². The highest BCUT2D eigenvalue weighted by atomic mass is 28.3. The summed E-state index contributed by atoms with van der Waals surface area (Å²) >= 11 is 0. The van der Waals surface area contributed by atoms with E-state index in [1.54, 1.807) is 0 Å². The van der Waals surface area contributed by atoms with Gasteiger partial charge in [0.1, 0.15) is 6.29 Å². The Balaban J connectivity index is 2.91. The summed E-state index contributed by atoms with van der Waals surface area (Å²) in [6.07, 6.45) is 3.11. The number of aldehydes is 1. The van der Waals surface area contributed by atoms with Crippen LogP contribution in [0.15, 0.2) is 30.0 Å². The van der Waals surface area contributed by atoms with Crippen LogP contribution in [-0.2, 0) is 0 Å². The maximum absolute atomic E-state index is 10.7. The van der Waals surface area contributed by atoms with E-state index >= 15 is 0 Å². The van der Waals surface area contributed by atoms with Crippen molar-refractivity contribution in [3.05, 3.63) is 41.1 Å². The maximum atomic E-state index is 10.7. The summed E-state index contributed by atoms with van der Waals surface area (Å²) in [5.41, 5.74) is 4.34. The van der Waals surface area contributed by atoms with Gasteiger partial charge in [0, 0.05) is 5.56 Å². The lowest BCUT2D eigenvalue weighted by atomic mass is 10.1. The zero-order valence-corrected chi connectivity index (χ0v) is 12.1. The predicted molar refractivity (Wildman–Crippen MR) is 78.1 cm³/mol. The second-order valence-electron chi connectivity index (χ2n) is 4.54. The van der Waals surface area contributed by atoms with Gasteiger partial charge in [-0.3, -0.25) is 4.79 Å². The van der Waals surface area contributed by atoms with Gasteiger partial charge < -0.3 is 0 Å². The third-order valence-corrected chi connectivity index (χ3v) is 8.89. The standard InChI is InChI=1S/C15H22OSi/c1-4-17(5-2,6-3)11-10-14-8-7-9-15(12-14)13-16/h7-13H,4-6H2,1-3H3/b11-10+. The molecule has 92 valence electrons. The van der Waals surface area contributed by atoms with Crippen LogP contribution in [0.2, 0.25) is 18.1 Å². The molecule has 0 saturated carbocycles. The van der Waals surface area contributed by atoms with Gasteiger partial charge in [0.15, 0.2) is 0 Å². The quantitative estimate of drug-likeness (QED) is 0.531. The van der Waals surface area contributed by atoms with E-state index in [4.69, 9.17) is 0 Å². The Morgan fingerprint density at radius 2 is 1.65 bits per heavy atom. The van der Waals surface area contributed by atoms with Crippen LogP contribution in [0.5, 0.6) is 0 Å². The fourth-order valence-electron chi connectivity index (χ4n) is 2.11. The molecular formula is C15H22OSi. The van der Waals surface area contributed by atoms with Crippen LogP contribution in [-0.4, -0.2) is 14.4 Å². The Bertz CT molecular complexity index is 383. The largest absolute Gasteiger partial charge is 0.298 e. The van der Waals surface area contributed by atoms with Crippen molar-refractivity contribution in [1.82, 2.24) is 0 Å². The first-order chi connectivity index (χ1) is 8.19. The molecule has 1 aromatic carbocycles. The van der Waals surface area contributed by atoms with E-state index in [2.05, 4.69) is 38.6 Å². The van der Waals surface area contributed by atoms with Crippen LogP contribution in [0.4, 0.5) is 0 Å². The van der Waals surface area contributed by atoms with Crippen LogP contribution in [0.3, 0.4) is 0 Å². The Morgan fingerprint density at radius 1 is 1.06 bits per heavy atom. The van der Waals surface area contributed by atoms with E-state index in [1.807, 2.05) is 18.2 Å². The average molecular weight is 246 g/mol. The fraction of sp³-hybridized carbons (Fsp3) is 0.400. The predicted octanol–water partition coefficient (Wildman–Crippen LogP) is 4.56. The topological polar surface area (TPSA) is 17.1 Å². The number of rotatable bonds is 6. The molecule has 17 heavy (non-hydrogen) atoms. The molecule has 0 radical (unpaired) electrons. The highest BCUT2D eigenvalue weighted by Crippen LogP contribution is 2.22. The number of carbonyl (C=O) groups is 1. The van der Waals surface area contributed by atoms with Gasteiger partial charge in [-0.25, -0.2) is 0 Å². The molecule has 2 heteroatoms. The van der Waals surface area contributed by atoms with Crippen molar-refractivity contribution in [2.24, 2.45) is 0 Å². The normalized spacial score (nSPS) is 11.9. The third kappa shape index (κ3) is 3.67. The van der Waals surface area contributed by atoms with E-state index in [1.165, 1.54) is 18.1 Å². The molecule has 0 unspecified atom stereocenters. The molecule has 0 aliphatic carbocycles. The Hall–Kier alpha value is -1.15. The fourth-order valence-corrected chi connectivity index (χ4v) is 4.87. The van der Waals surface area contributed by atoms with Gasteiger partial charge in [0.2, 0.25) is 0 Å². The van der Waals surface area contributed by atoms with Crippen molar-refractivity contribution in [3.8, 4) is 0 Å². The van der Waals surface area contributed by atoms with Gasteiger partial charge in [0.05, 0.1) is 8.07 Å². The third-order valence-electron chi connectivity index (χ3n) is 3.79. The molecule has 0 fully saturated rings. The minimum absolute atomic E-state index is 0.754. The summed E-state index contributed by atoms with van der Waals surface area (Å²) in [6.45, 7) is 6.89. The summed E-state index contributed by atoms with van der Waals surface area (Å²) < 4.78 is 0. The second-order valence-corrected chi connectivity index (χ2v) is 9.72. The van der Waals surface area contributed by atoms with Crippen molar-refractivity contribution in [2.75, 3.05) is 0 Å². The summed E-state index contributed by atoms with van der Waals surface area (Å²) in [6, 6.07) is 11.7. The van der Waals surface area contributed by atoms with Gasteiger partial charge in [-0.2, -0.15) is 0 Å². The minimum atomic E-state index is -1.20. The SMILES string of the molecule is CC[Si](/C=C/c1cccc(C=O)c1)(CC)CC. The average Bonchev–Trinajstić information content (AvgIpc) is 2.41. The zero-order valence-electron chi connectivity index (χ0n) is 11.1. The number of benzene rings is 1. The van der Waals surface area contributed by atoms with Crippen LogP contribution in [0.25, 0.3) is 6.08 Å². The van der Waals surface area contributed by atoms with E-state index in [9.17, 15) is 4.79 Å². The monoisotopic (exact) mass is 246 g/mol. The van der Waals surface area contributed by atoms with Crippen LogP contribution < -0.4 is 0 Å². The molecule has 0 bridgehead atoms.